The van der Waals surface area contributed by atoms with Crippen LogP contribution in [-0.4, -0.2) is 10.9 Å². The number of nitrogens with one attached hydrogen (secondary N) is 1. The van der Waals surface area contributed by atoms with Crippen LogP contribution >= 0.6 is 0 Å². The van der Waals surface area contributed by atoms with Crippen molar-refractivity contribution in [1.82, 2.24) is 4.98 Å². The molecule has 0 aliphatic heterocycles. The van der Waals surface area contributed by atoms with E-state index in [2.05, 4.69) is 17.2 Å². The molecule has 0 atom stereocenters. The number of hydrogen-bond donors (Lipinski definition) is 2. The monoisotopic (exact) mass is 269 g/mol. The summed E-state index contributed by atoms with van der Waals surface area (Å²) in [5.74, 6) is -0.216. The van der Waals surface area contributed by atoms with Crippen LogP contribution in [0.4, 0.5) is 11.4 Å². The van der Waals surface area contributed by atoms with Gasteiger partial charge < -0.3 is 11.1 Å². The number of nitrogen functional groups attached to an aromatic ring is 1. The molecular weight excluding hydrogens is 250 g/mol. The van der Waals surface area contributed by atoms with Crippen LogP contribution in [0.1, 0.15) is 35.7 Å². The largest absolute Gasteiger partial charge is 0.397 e. The first-order valence-electron chi connectivity index (χ1n) is 6.80. The summed E-state index contributed by atoms with van der Waals surface area (Å²) in [5, 5.41) is 2.84. The number of aryl methyl sites for hydroxylation is 1. The van der Waals surface area contributed by atoms with Crippen molar-refractivity contribution in [2.24, 2.45) is 0 Å². The molecule has 0 fully saturated rings. The predicted octanol–water partition coefficient (Wildman–Crippen LogP) is 3.26. The van der Waals surface area contributed by atoms with Gasteiger partial charge in [-0.2, -0.15) is 0 Å². The lowest BCUT2D eigenvalue weighted by atomic mass is 10.1. The minimum atomic E-state index is -0.216. The number of nitrogens with two attached hydrogens (primary N) is 1. The number of hydrogen-bond acceptors (Lipinski definition) is 3. The van der Waals surface area contributed by atoms with Crippen LogP contribution < -0.4 is 11.1 Å². The van der Waals surface area contributed by atoms with Gasteiger partial charge in [-0.3, -0.25) is 9.78 Å². The molecular formula is C16H19N3O. The zero-order chi connectivity index (χ0) is 14.4. The van der Waals surface area contributed by atoms with Gasteiger partial charge >= 0.3 is 0 Å². The van der Waals surface area contributed by atoms with E-state index in [1.165, 1.54) is 24.6 Å². The maximum absolute atomic E-state index is 12.1. The smallest absolute Gasteiger partial charge is 0.257 e. The van der Waals surface area contributed by atoms with E-state index >= 15 is 0 Å². The maximum Gasteiger partial charge on any atom is 0.257 e. The lowest BCUT2D eigenvalue weighted by molar-refractivity contribution is 0.102. The molecule has 2 rings (SSSR count). The number of anilines is 2. The van der Waals surface area contributed by atoms with Crippen molar-refractivity contribution in [2.75, 3.05) is 11.1 Å². The minimum absolute atomic E-state index is 0.216. The molecule has 0 aliphatic rings. The Morgan fingerprint density at radius 1 is 1.25 bits per heavy atom. The average molecular weight is 269 g/mol. The highest BCUT2D eigenvalue weighted by Crippen LogP contribution is 2.15. The highest BCUT2D eigenvalue weighted by atomic mass is 16.1. The average Bonchev–Trinajstić information content (AvgIpc) is 2.47. The third-order valence-electron chi connectivity index (χ3n) is 3.13. The minimum Gasteiger partial charge on any atom is -0.397 e. The lowest BCUT2D eigenvalue weighted by Crippen LogP contribution is -2.14. The van der Waals surface area contributed by atoms with Crippen LogP contribution in [0.5, 0.6) is 0 Å². The molecule has 4 heteroatoms. The summed E-state index contributed by atoms with van der Waals surface area (Å²) in [5.41, 5.74) is 8.61. The fourth-order valence-electron chi connectivity index (χ4n) is 1.95. The van der Waals surface area contributed by atoms with E-state index in [1.807, 2.05) is 24.3 Å². The Morgan fingerprint density at radius 2 is 2.00 bits per heavy atom. The van der Waals surface area contributed by atoms with Crippen LogP contribution in [0, 0.1) is 0 Å². The molecule has 4 nitrogen and oxygen atoms in total. The van der Waals surface area contributed by atoms with Crippen molar-refractivity contribution in [2.45, 2.75) is 26.2 Å². The van der Waals surface area contributed by atoms with Crippen LogP contribution in [0.15, 0.2) is 42.7 Å². The van der Waals surface area contributed by atoms with Gasteiger partial charge in [0, 0.05) is 11.9 Å². The Labute approximate surface area is 119 Å². The number of unbranched alkanes of at least 4 members (excludes halogenated alkanes) is 1. The molecule has 0 saturated carbocycles. The van der Waals surface area contributed by atoms with Gasteiger partial charge in [-0.25, -0.2) is 0 Å². The molecule has 0 bridgehead atoms. The molecule has 0 spiro atoms. The summed E-state index contributed by atoms with van der Waals surface area (Å²) < 4.78 is 0. The molecule has 20 heavy (non-hydrogen) atoms. The van der Waals surface area contributed by atoms with E-state index in [1.54, 1.807) is 12.3 Å². The summed E-state index contributed by atoms with van der Waals surface area (Å²) in [4.78, 5) is 15.9. The summed E-state index contributed by atoms with van der Waals surface area (Å²) in [7, 11) is 0. The molecule has 2 aromatic rings. The van der Waals surface area contributed by atoms with Crippen molar-refractivity contribution >= 4 is 17.3 Å². The number of benzene rings is 1. The SMILES string of the molecule is CCCCc1ccc(NC(=O)c2ccncc2N)cc1. The van der Waals surface area contributed by atoms with Gasteiger partial charge in [-0.15, -0.1) is 0 Å². The van der Waals surface area contributed by atoms with Gasteiger partial charge in [0.15, 0.2) is 0 Å². The number of carbonyl (C=O) groups excluding carboxylic acids is 1. The highest BCUT2D eigenvalue weighted by Gasteiger charge is 2.09. The zero-order valence-electron chi connectivity index (χ0n) is 11.6. The van der Waals surface area contributed by atoms with Crippen molar-refractivity contribution in [3.05, 3.63) is 53.9 Å². The molecule has 1 heterocycles. The number of rotatable bonds is 5. The summed E-state index contributed by atoms with van der Waals surface area (Å²) >= 11 is 0. The molecule has 0 unspecified atom stereocenters. The Hall–Kier alpha value is -2.36. The molecule has 1 aromatic heterocycles. The van der Waals surface area contributed by atoms with Gasteiger partial charge in [0.25, 0.3) is 5.91 Å². The Balaban J connectivity index is 2.03. The highest BCUT2D eigenvalue weighted by molar-refractivity contribution is 6.07. The van der Waals surface area contributed by atoms with E-state index in [9.17, 15) is 4.79 Å². The number of aromatic nitrogens is 1. The molecule has 1 aromatic carbocycles. The van der Waals surface area contributed by atoms with Crippen LogP contribution in [0.25, 0.3) is 0 Å². The first-order valence-corrected chi connectivity index (χ1v) is 6.80. The summed E-state index contributed by atoms with van der Waals surface area (Å²) in [6, 6.07) is 9.53. The standard InChI is InChI=1S/C16H19N3O/c1-2-3-4-12-5-7-13(8-6-12)19-16(20)14-9-10-18-11-15(14)17/h5-11H,2-4,17H2,1H3,(H,19,20). The maximum atomic E-state index is 12.1. The van der Waals surface area contributed by atoms with Gasteiger partial charge in [-0.1, -0.05) is 25.5 Å². The van der Waals surface area contributed by atoms with Crippen molar-refractivity contribution in [3.8, 4) is 0 Å². The Kier molecular flexibility index (Phi) is 4.71. The number of pyridine rings is 1. The Morgan fingerprint density at radius 3 is 2.65 bits per heavy atom. The van der Waals surface area contributed by atoms with E-state index in [-0.39, 0.29) is 5.91 Å². The molecule has 0 aliphatic carbocycles. The predicted molar refractivity (Wildman–Crippen MR) is 81.7 cm³/mol. The van der Waals surface area contributed by atoms with E-state index < -0.39 is 0 Å². The molecule has 0 saturated heterocycles. The van der Waals surface area contributed by atoms with Gasteiger partial charge in [0.2, 0.25) is 0 Å². The molecule has 1 amide bonds. The topological polar surface area (TPSA) is 68.0 Å². The van der Waals surface area contributed by atoms with E-state index in [4.69, 9.17) is 5.73 Å². The Bertz CT molecular complexity index is 579. The van der Waals surface area contributed by atoms with Crippen LogP contribution in [0.3, 0.4) is 0 Å². The lowest BCUT2D eigenvalue weighted by Gasteiger charge is -2.08. The number of carbonyl (C=O) groups is 1. The van der Waals surface area contributed by atoms with Crippen molar-refractivity contribution in [1.29, 1.82) is 0 Å². The first-order chi connectivity index (χ1) is 9.70. The van der Waals surface area contributed by atoms with Crippen molar-refractivity contribution in [3.63, 3.8) is 0 Å². The first kappa shape index (κ1) is 14.1. The second-order valence-corrected chi connectivity index (χ2v) is 4.72. The van der Waals surface area contributed by atoms with Crippen LogP contribution in [0.2, 0.25) is 0 Å². The number of amides is 1. The van der Waals surface area contributed by atoms with E-state index in [0.717, 1.165) is 12.1 Å². The summed E-state index contributed by atoms with van der Waals surface area (Å²) in [6.45, 7) is 2.17. The van der Waals surface area contributed by atoms with Crippen molar-refractivity contribution < 1.29 is 4.79 Å². The molecule has 104 valence electrons. The second kappa shape index (κ2) is 6.70. The normalized spacial score (nSPS) is 10.2. The second-order valence-electron chi connectivity index (χ2n) is 4.72. The van der Waals surface area contributed by atoms with E-state index in [0.29, 0.717) is 11.3 Å². The quantitative estimate of drug-likeness (QED) is 0.875. The van der Waals surface area contributed by atoms with Gasteiger partial charge in [0.05, 0.1) is 17.4 Å². The third kappa shape index (κ3) is 3.57. The molecule has 3 N–H and O–H groups in total. The van der Waals surface area contributed by atoms with Crippen LogP contribution in [-0.2, 0) is 6.42 Å². The fraction of sp³-hybridized carbons (Fsp3) is 0.250. The molecule has 0 radical (unpaired) electrons. The zero-order valence-corrected chi connectivity index (χ0v) is 11.6. The van der Waals surface area contributed by atoms with Gasteiger partial charge in [0.1, 0.15) is 0 Å². The summed E-state index contributed by atoms with van der Waals surface area (Å²) in [6.07, 6.45) is 6.46. The number of nitrogens with zero attached hydrogens (tertiary/aromatic N) is 1. The van der Waals surface area contributed by atoms with Gasteiger partial charge in [-0.05, 0) is 36.6 Å². The third-order valence-corrected chi connectivity index (χ3v) is 3.13. The fourth-order valence-corrected chi connectivity index (χ4v) is 1.95.